The number of amides is 1. The summed E-state index contributed by atoms with van der Waals surface area (Å²) in [6, 6.07) is 10.6. The van der Waals surface area contributed by atoms with Gasteiger partial charge >= 0.3 is 0 Å². The summed E-state index contributed by atoms with van der Waals surface area (Å²) in [6.07, 6.45) is 4.60. The van der Waals surface area contributed by atoms with Crippen LogP contribution in [0.3, 0.4) is 0 Å². The normalized spacial score (nSPS) is 15.5. The molecule has 5 nitrogen and oxygen atoms in total. The Morgan fingerprint density at radius 3 is 2.78 bits per heavy atom. The number of nitrogens with zero attached hydrogens (tertiary/aromatic N) is 3. The Hall–Kier alpha value is -2.66. The standard InChI is InChI=1S/C22H26N4O/c1-15-4-5-21-18(12-15)19-13-25(3)11-8-22(19)26(21)14-20(24-16(2)27)17-6-9-23-10-7-17/h4-7,9-10,12,20H,8,11,13-14H2,1-3H3,(H,24,27). The molecule has 1 aliphatic heterocycles. The lowest BCUT2D eigenvalue weighted by Gasteiger charge is -2.26. The number of carbonyl (C=O) groups excluding carboxylic acids is 1. The maximum Gasteiger partial charge on any atom is 0.217 e. The number of benzene rings is 1. The third-order valence-corrected chi connectivity index (χ3v) is 5.45. The lowest BCUT2D eigenvalue weighted by Crippen LogP contribution is -2.31. The lowest BCUT2D eigenvalue weighted by atomic mass is 10.0. The van der Waals surface area contributed by atoms with Crippen molar-refractivity contribution in [1.82, 2.24) is 19.8 Å². The predicted molar refractivity (Wildman–Crippen MR) is 108 cm³/mol. The highest BCUT2D eigenvalue weighted by molar-refractivity contribution is 5.86. The van der Waals surface area contributed by atoms with E-state index in [1.807, 2.05) is 12.1 Å². The first-order valence-corrected chi connectivity index (χ1v) is 9.49. The second kappa shape index (κ2) is 7.16. The quantitative estimate of drug-likeness (QED) is 0.775. The van der Waals surface area contributed by atoms with E-state index < -0.39 is 0 Å². The first-order chi connectivity index (χ1) is 13.0. The van der Waals surface area contributed by atoms with E-state index in [0.29, 0.717) is 0 Å². The number of aromatic nitrogens is 2. The monoisotopic (exact) mass is 362 g/mol. The van der Waals surface area contributed by atoms with Crippen molar-refractivity contribution >= 4 is 16.8 Å². The van der Waals surface area contributed by atoms with Crippen LogP contribution in [0, 0.1) is 6.92 Å². The van der Waals surface area contributed by atoms with Crippen LogP contribution >= 0.6 is 0 Å². The van der Waals surface area contributed by atoms with Crippen molar-refractivity contribution in [2.24, 2.45) is 0 Å². The molecule has 1 atom stereocenters. The molecule has 1 aromatic carbocycles. The summed E-state index contributed by atoms with van der Waals surface area (Å²) in [5, 5.41) is 4.47. The van der Waals surface area contributed by atoms with Gasteiger partial charge in [0.05, 0.1) is 6.04 Å². The van der Waals surface area contributed by atoms with Crippen LogP contribution in [0.5, 0.6) is 0 Å². The second-order valence-electron chi connectivity index (χ2n) is 7.58. The highest BCUT2D eigenvalue weighted by Gasteiger charge is 2.24. The van der Waals surface area contributed by atoms with Gasteiger partial charge in [-0.15, -0.1) is 0 Å². The topological polar surface area (TPSA) is 50.2 Å². The Kier molecular flexibility index (Phi) is 4.70. The molecule has 3 heterocycles. The number of aryl methyl sites for hydroxylation is 1. The van der Waals surface area contributed by atoms with Gasteiger partial charge < -0.3 is 14.8 Å². The fourth-order valence-corrected chi connectivity index (χ4v) is 4.17. The molecule has 0 spiro atoms. The molecule has 0 aliphatic carbocycles. The van der Waals surface area contributed by atoms with E-state index in [4.69, 9.17) is 0 Å². The molecule has 0 saturated heterocycles. The first-order valence-electron chi connectivity index (χ1n) is 9.49. The number of hydrogen-bond donors (Lipinski definition) is 1. The maximum absolute atomic E-state index is 11.9. The van der Waals surface area contributed by atoms with Gasteiger partial charge in [0.25, 0.3) is 0 Å². The summed E-state index contributed by atoms with van der Waals surface area (Å²) in [5.41, 5.74) is 6.45. The molecule has 5 heteroatoms. The van der Waals surface area contributed by atoms with E-state index in [1.165, 1.54) is 27.7 Å². The third kappa shape index (κ3) is 3.47. The van der Waals surface area contributed by atoms with Gasteiger partial charge in [-0.1, -0.05) is 11.6 Å². The predicted octanol–water partition coefficient (Wildman–Crippen LogP) is 3.21. The Bertz CT molecular complexity index is 977. The third-order valence-electron chi connectivity index (χ3n) is 5.45. The first kappa shape index (κ1) is 17.7. The molecule has 0 radical (unpaired) electrons. The zero-order chi connectivity index (χ0) is 19.0. The number of fused-ring (bicyclic) bond motifs is 3. The minimum Gasteiger partial charge on any atom is -0.348 e. The number of carbonyl (C=O) groups is 1. The zero-order valence-electron chi connectivity index (χ0n) is 16.2. The van der Waals surface area contributed by atoms with Crippen LogP contribution in [0.4, 0.5) is 0 Å². The molecule has 3 aromatic rings. The van der Waals surface area contributed by atoms with Gasteiger partial charge in [-0.3, -0.25) is 9.78 Å². The van der Waals surface area contributed by atoms with Gasteiger partial charge in [-0.2, -0.15) is 0 Å². The molecule has 0 saturated carbocycles. The number of hydrogen-bond acceptors (Lipinski definition) is 3. The van der Waals surface area contributed by atoms with Gasteiger partial charge in [0.1, 0.15) is 0 Å². The van der Waals surface area contributed by atoms with Crippen LogP contribution < -0.4 is 5.32 Å². The zero-order valence-corrected chi connectivity index (χ0v) is 16.2. The number of nitrogens with one attached hydrogen (secondary N) is 1. The summed E-state index contributed by atoms with van der Waals surface area (Å²) in [4.78, 5) is 18.3. The van der Waals surface area contributed by atoms with Gasteiger partial charge in [-0.05, 0) is 49.4 Å². The van der Waals surface area contributed by atoms with E-state index in [9.17, 15) is 4.79 Å². The summed E-state index contributed by atoms with van der Waals surface area (Å²) in [7, 11) is 2.18. The highest BCUT2D eigenvalue weighted by atomic mass is 16.1. The molecular formula is C22H26N4O. The molecule has 27 heavy (non-hydrogen) atoms. The molecule has 1 unspecified atom stereocenters. The summed E-state index contributed by atoms with van der Waals surface area (Å²) in [6.45, 7) is 6.48. The number of pyridine rings is 1. The van der Waals surface area contributed by atoms with Crippen molar-refractivity contribution in [1.29, 1.82) is 0 Å². The van der Waals surface area contributed by atoms with Crippen molar-refractivity contribution in [2.45, 2.75) is 39.4 Å². The minimum atomic E-state index is -0.0776. The largest absolute Gasteiger partial charge is 0.348 e. The van der Waals surface area contributed by atoms with Gasteiger partial charge in [0.2, 0.25) is 5.91 Å². The van der Waals surface area contributed by atoms with Crippen LogP contribution in [0.15, 0.2) is 42.7 Å². The SMILES string of the molecule is CC(=O)NC(Cn1c2c(c3cc(C)ccc31)CN(C)CC2)c1ccncc1. The van der Waals surface area contributed by atoms with E-state index in [0.717, 1.165) is 31.6 Å². The van der Waals surface area contributed by atoms with Crippen LogP contribution in [0.2, 0.25) is 0 Å². The Morgan fingerprint density at radius 2 is 2.04 bits per heavy atom. The fourth-order valence-electron chi connectivity index (χ4n) is 4.17. The molecule has 2 aromatic heterocycles. The van der Waals surface area contributed by atoms with Crippen molar-refractivity contribution < 1.29 is 4.79 Å². The molecule has 0 bridgehead atoms. The molecule has 1 N–H and O–H groups in total. The molecule has 1 amide bonds. The van der Waals surface area contributed by atoms with Gasteiger partial charge in [0, 0.05) is 62.0 Å². The molecule has 1 aliphatic rings. The van der Waals surface area contributed by atoms with E-state index in [2.05, 4.69) is 51.9 Å². The average Bonchev–Trinajstić information content (AvgIpc) is 2.94. The van der Waals surface area contributed by atoms with Gasteiger partial charge in [-0.25, -0.2) is 0 Å². The van der Waals surface area contributed by atoms with Crippen LogP contribution in [0.25, 0.3) is 10.9 Å². The van der Waals surface area contributed by atoms with Crippen LogP contribution in [-0.4, -0.2) is 34.0 Å². The van der Waals surface area contributed by atoms with Gasteiger partial charge in [0.15, 0.2) is 0 Å². The summed E-state index contributed by atoms with van der Waals surface area (Å²) in [5.74, 6) is -0.0160. The van der Waals surface area contributed by atoms with E-state index in [-0.39, 0.29) is 11.9 Å². The Balaban J connectivity index is 1.81. The highest BCUT2D eigenvalue weighted by Crippen LogP contribution is 2.32. The summed E-state index contributed by atoms with van der Waals surface area (Å²) >= 11 is 0. The molecule has 140 valence electrons. The fraction of sp³-hybridized carbons (Fsp3) is 0.364. The maximum atomic E-state index is 11.9. The number of likely N-dealkylation sites (N-methyl/N-ethyl adjacent to an activating group) is 1. The van der Waals surface area contributed by atoms with Crippen LogP contribution in [0.1, 0.15) is 35.3 Å². The molecular weight excluding hydrogens is 336 g/mol. The van der Waals surface area contributed by atoms with E-state index in [1.54, 1.807) is 19.3 Å². The van der Waals surface area contributed by atoms with Crippen molar-refractivity contribution in [2.75, 3.05) is 13.6 Å². The number of rotatable bonds is 4. The minimum absolute atomic E-state index is 0.0160. The second-order valence-corrected chi connectivity index (χ2v) is 7.58. The smallest absolute Gasteiger partial charge is 0.217 e. The molecule has 4 rings (SSSR count). The van der Waals surface area contributed by atoms with Crippen molar-refractivity contribution in [3.8, 4) is 0 Å². The van der Waals surface area contributed by atoms with Crippen molar-refractivity contribution in [3.05, 3.63) is 65.1 Å². The van der Waals surface area contributed by atoms with Crippen molar-refractivity contribution in [3.63, 3.8) is 0 Å². The lowest BCUT2D eigenvalue weighted by molar-refractivity contribution is -0.119. The molecule has 0 fully saturated rings. The van der Waals surface area contributed by atoms with Crippen LogP contribution in [-0.2, 0) is 24.3 Å². The Morgan fingerprint density at radius 1 is 1.26 bits per heavy atom. The summed E-state index contributed by atoms with van der Waals surface area (Å²) < 4.78 is 2.41. The average molecular weight is 362 g/mol. The van der Waals surface area contributed by atoms with E-state index >= 15 is 0 Å². The Labute approximate surface area is 160 Å².